The van der Waals surface area contributed by atoms with Crippen LogP contribution in [-0.4, -0.2) is 29.7 Å². The van der Waals surface area contributed by atoms with Gasteiger partial charge in [0.2, 0.25) is 0 Å². The Morgan fingerprint density at radius 1 is 0.784 bits per heavy atom. The maximum atomic E-state index is 13.1. The topological polar surface area (TPSA) is 173 Å². The number of nitrogen functional groups attached to an aromatic ring is 2. The summed E-state index contributed by atoms with van der Waals surface area (Å²) in [4.78, 5) is 13.1. The van der Waals surface area contributed by atoms with Crippen molar-refractivity contribution in [1.29, 1.82) is 10.8 Å². The summed E-state index contributed by atoms with van der Waals surface area (Å²) in [5.41, 5.74) is 19.6. The Hall–Kier alpha value is -4.37. The first-order valence-corrected chi connectivity index (χ1v) is 12.2. The van der Waals surface area contributed by atoms with E-state index < -0.39 is 0 Å². The summed E-state index contributed by atoms with van der Waals surface area (Å²) < 4.78 is 12.0. The monoisotopic (exact) mass is 500 g/mol. The summed E-state index contributed by atoms with van der Waals surface area (Å²) in [6.45, 7) is 0.260. The molecule has 0 saturated heterocycles. The maximum Gasteiger partial charge on any atom is 0.251 e. The van der Waals surface area contributed by atoms with E-state index in [1.807, 2.05) is 12.1 Å². The van der Waals surface area contributed by atoms with E-state index in [4.69, 9.17) is 37.5 Å². The van der Waals surface area contributed by atoms with Crippen LogP contribution >= 0.6 is 0 Å². The fourth-order valence-electron chi connectivity index (χ4n) is 4.16. The fraction of sp³-hybridized carbons (Fsp3) is 0.250. The second-order valence-electron chi connectivity index (χ2n) is 9.22. The number of hydrogen-bond acceptors (Lipinski definition) is 6. The minimum atomic E-state index is -0.200. The van der Waals surface area contributed by atoms with Gasteiger partial charge in [-0.1, -0.05) is 24.3 Å². The molecule has 1 aliphatic carbocycles. The summed E-state index contributed by atoms with van der Waals surface area (Å²) in [7, 11) is 0. The summed E-state index contributed by atoms with van der Waals surface area (Å²) in [5, 5.41) is 18.2. The lowest BCUT2D eigenvalue weighted by molar-refractivity contribution is 0.0925. The standard InChI is InChI=1S/C28H32N6O3/c29-21-7-9-22(10-8-21)34-28(35)20-13-24(36-16-17-1-3-18(4-2-17)26(30)31)15-25(14-20)37-23-11-5-19(6-12-23)27(32)33/h1-6,11-15,21-22H,7-10,16,29H2,(H3,30,31)(H3,32,33)(H,34,35). The number of amides is 1. The van der Waals surface area contributed by atoms with E-state index >= 15 is 0 Å². The quantitative estimate of drug-likeness (QED) is 0.193. The number of nitrogens with two attached hydrogens (primary N) is 3. The first kappa shape index (κ1) is 25.7. The van der Waals surface area contributed by atoms with Crippen molar-refractivity contribution in [3.63, 3.8) is 0 Å². The van der Waals surface area contributed by atoms with Gasteiger partial charge in [0.15, 0.2) is 0 Å². The van der Waals surface area contributed by atoms with Gasteiger partial charge in [0.25, 0.3) is 5.91 Å². The highest BCUT2D eigenvalue weighted by atomic mass is 16.5. The predicted octanol–water partition coefficient (Wildman–Crippen LogP) is 3.63. The van der Waals surface area contributed by atoms with Gasteiger partial charge < -0.3 is 32.0 Å². The van der Waals surface area contributed by atoms with E-state index in [9.17, 15) is 4.79 Å². The van der Waals surface area contributed by atoms with Crippen LogP contribution < -0.4 is 32.0 Å². The maximum absolute atomic E-state index is 13.1. The normalized spacial score (nSPS) is 17.0. The van der Waals surface area contributed by atoms with Crippen molar-refractivity contribution in [3.05, 3.63) is 89.0 Å². The molecule has 0 radical (unpaired) electrons. The Bertz CT molecular complexity index is 1270. The van der Waals surface area contributed by atoms with E-state index in [1.54, 1.807) is 54.6 Å². The number of nitrogens with one attached hydrogen (secondary N) is 3. The van der Waals surface area contributed by atoms with Gasteiger partial charge in [0.1, 0.15) is 35.5 Å². The summed E-state index contributed by atoms with van der Waals surface area (Å²) >= 11 is 0. The van der Waals surface area contributed by atoms with E-state index in [0.717, 1.165) is 31.2 Å². The van der Waals surface area contributed by atoms with Gasteiger partial charge in [0.05, 0.1) is 0 Å². The molecule has 0 atom stereocenters. The van der Waals surface area contributed by atoms with Gasteiger partial charge in [-0.3, -0.25) is 15.6 Å². The third kappa shape index (κ3) is 7.08. The number of benzene rings is 3. The van der Waals surface area contributed by atoms with Crippen LogP contribution in [0.2, 0.25) is 0 Å². The Labute approximate surface area is 216 Å². The molecule has 9 N–H and O–H groups in total. The zero-order chi connectivity index (χ0) is 26.4. The first-order chi connectivity index (χ1) is 17.8. The molecule has 3 aromatic carbocycles. The zero-order valence-corrected chi connectivity index (χ0v) is 20.5. The molecule has 9 heteroatoms. The Morgan fingerprint density at radius 2 is 1.35 bits per heavy atom. The summed E-state index contributed by atoms with van der Waals surface area (Å²) in [6, 6.07) is 19.4. The summed E-state index contributed by atoms with van der Waals surface area (Å²) in [6.07, 6.45) is 3.48. The molecule has 4 rings (SSSR count). The second-order valence-corrected chi connectivity index (χ2v) is 9.22. The second kappa shape index (κ2) is 11.6. The summed E-state index contributed by atoms with van der Waals surface area (Å²) in [5.74, 6) is 1.23. The van der Waals surface area contributed by atoms with Gasteiger partial charge in [-0.15, -0.1) is 0 Å². The smallest absolute Gasteiger partial charge is 0.251 e. The van der Waals surface area contributed by atoms with Gasteiger partial charge in [-0.2, -0.15) is 0 Å². The minimum absolute atomic E-state index is 0.00394. The average molecular weight is 501 g/mol. The fourth-order valence-corrected chi connectivity index (χ4v) is 4.16. The molecule has 0 spiro atoms. The van der Waals surface area contributed by atoms with Crippen molar-refractivity contribution in [2.45, 2.75) is 44.4 Å². The molecule has 0 heterocycles. The molecule has 1 saturated carbocycles. The third-order valence-corrected chi connectivity index (χ3v) is 6.32. The van der Waals surface area contributed by atoms with Crippen LogP contribution in [0.1, 0.15) is 52.7 Å². The number of ether oxygens (including phenoxy) is 2. The van der Waals surface area contributed by atoms with Crippen LogP contribution in [0, 0.1) is 10.8 Å². The third-order valence-electron chi connectivity index (χ3n) is 6.32. The molecule has 9 nitrogen and oxygen atoms in total. The Morgan fingerprint density at radius 3 is 1.95 bits per heavy atom. The SMILES string of the molecule is N=C(N)c1ccc(COc2cc(Oc3ccc(C(=N)N)cc3)cc(C(=O)NC3CCC(N)CC3)c2)cc1. The molecule has 192 valence electrons. The number of rotatable bonds is 9. The minimum Gasteiger partial charge on any atom is -0.489 e. The van der Waals surface area contributed by atoms with Crippen molar-refractivity contribution < 1.29 is 14.3 Å². The lowest BCUT2D eigenvalue weighted by atomic mass is 9.91. The Kier molecular flexibility index (Phi) is 8.05. The van der Waals surface area contributed by atoms with Gasteiger partial charge >= 0.3 is 0 Å². The van der Waals surface area contributed by atoms with Gasteiger partial charge in [-0.05, 0) is 67.6 Å². The molecule has 0 unspecified atom stereocenters. The van der Waals surface area contributed by atoms with Crippen LogP contribution in [0.5, 0.6) is 17.2 Å². The molecule has 0 bridgehead atoms. The number of hydrogen-bond donors (Lipinski definition) is 6. The van der Waals surface area contributed by atoms with E-state index in [0.29, 0.717) is 33.9 Å². The van der Waals surface area contributed by atoms with Crippen LogP contribution in [0.4, 0.5) is 0 Å². The van der Waals surface area contributed by atoms with Crippen molar-refractivity contribution in [1.82, 2.24) is 5.32 Å². The highest BCUT2D eigenvalue weighted by Gasteiger charge is 2.21. The molecular weight excluding hydrogens is 468 g/mol. The molecule has 1 fully saturated rings. The van der Waals surface area contributed by atoms with Gasteiger partial charge in [-0.25, -0.2) is 0 Å². The van der Waals surface area contributed by atoms with Crippen molar-refractivity contribution in [2.24, 2.45) is 17.2 Å². The predicted molar refractivity (Wildman–Crippen MR) is 143 cm³/mol. The lowest BCUT2D eigenvalue weighted by Gasteiger charge is -2.26. The van der Waals surface area contributed by atoms with Crippen molar-refractivity contribution >= 4 is 17.6 Å². The van der Waals surface area contributed by atoms with E-state index in [1.165, 1.54) is 0 Å². The molecule has 37 heavy (non-hydrogen) atoms. The molecule has 1 amide bonds. The zero-order valence-electron chi connectivity index (χ0n) is 20.5. The molecule has 0 aromatic heterocycles. The molecule has 0 aliphatic heterocycles. The number of amidine groups is 2. The Balaban J connectivity index is 1.53. The number of carbonyl (C=O) groups is 1. The highest BCUT2D eigenvalue weighted by molar-refractivity contribution is 5.96. The van der Waals surface area contributed by atoms with Crippen molar-refractivity contribution in [2.75, 3.05) is 0 Å². The van der Waals surface area contributed by atoms with Crippen LogP contribution in [0.25, 0.3) is 0 Å². The van der Waals surface area contributed by atoms with Gasteiger partial charge in [0, 0.05) is 34.8 Å². The van der Waals surface area contributed by atoms with Crippen LogP contribution in [0.15, 0.2) is 66.7 Å². The molecular formula is C28H32N6O3. The lowest BCUT2D eigenvalue weighted by Crippen LogP contribution is -2.40. The average Bonchev–Trinajstić information content (AvgIpc) is 2.89. The van der Waals surface area contributed by atoms with E-state index in [2.05, 4.69) is 5.32 Å². The largest absolute Gasteiger partial charge is 0.489 e. The van der Waals surface area contributed by atoms with Crippen molar-refractivity contribution in [3.8, 4) is 17.2 Å². The van der Waals surface area contributed by atoms with Crippen LogP contribution in [0.3, 0.4) is 0 Å². The molecule has 3 aromatic rings. The first-order valence-electron chi connectivity index (χ1n) is 12.2. The number of carbonyl (C=O) groups excluding carboxylic acids is 1. The van der Waals surface area contributed by atoms with Crippen LogP contribution in [-0.2, 0) is 6.61 Å². The van der Waals surface area contributed by atoms with E-state index in [-0.39, 0.29) is 36.3 Å². The molecule has 1 aliphatic rings. The highest BCUT2D eigenvalue weighted by Crippen LogP contribution is 2.29.